The average molecular weight is 555 g/mol. The summed E-state index contributed by atoms with van der Waals surface area (Å²) in [5, 5.41) is 18.0. The number of benzene rings is 1. The van der Waals surface area contributed by atoms with Crippen molar-refractivity contribution < 1.29 is 23.1 Å². The number of thiophene rings is 1. The third kappa shape index (κ3) is 6.54. The minimum absolute atomic E-state index is 0.0158. The SMILES string of the molecule is CC(C)(C)C1CCc2c(sc(NCC(O)COc3ccccc3Cl)c2C(=O)NC2CCS(=O)(=O)C2)C1. The van der Waals surface area contributed by atoms with Gasteiger partial charge in [0, 0.05) is 17.5 Å². The summed E-state index contributed by atoms with van der Waals surface area (Å²) in [7, 11) is -3.10. The molecule has 1 aromatic heterocycles. The highest BCUT2D eigenvalue weighted by atomic mass is 35.5. The van der Waals surface area contributed by atoms with Gasteiger partial charge in [-0.15, -0.1) is 11.3 Å². The minimum Gasteiger partial charge on any atom is -0.489 e. The molecule has 7 nitrogen and oxygen atoms in total. The quantitative estimate of drug-likeness (QED) is 0.449. The number of carbonyl (C=O) groups excluding carboxylic acids is 1. The van der Waals surface area contributed by atoms with Gasteiger partial charge in [0.25, 0.3) is 5.91 Å². The largest absolute Gasteiger partial charge is 0.489 e. The summed E-state index contributed by atoms with van der Waals surface area (Å²) in [6, 6.07) is 6.72. The molecule has 3 unspecified atom stereocenters. The molecule has 36 heavy (non-hydrogen) atoms. The van der Waals surface area contributed by atoms with E-state index in [1.165, 1.54) is 4.88 Å². The van der Waals surface area contributed by atoms with Crippen LogP contribution in [-0.4, -0.2) is 56.2 Å². The van der Waals surface area contributed by atoms with Crippen LogP contribution in [0.4, 0.5) is 5.00 Å². The third-order valence-electron chi connectivity index (χ3n) is 7.05. The normalized spacial score (nSPS) is 22.0. The first kappa shape index (κ1) is 27.2. The molecule has 0 radical (unpaired) electrons. The molecule has 1 aliphatic carbocycles. The number of hydrogen-bond acceptors (Lipinski definition) is 7. The number of aliphatic hydroxyl groups excluding tert-OH is 1. The Bertz CT molecular complexity index is 1210. The van der Waals surface area contributed by atoms with Crippen LogP contribution in [0.15, 0.2) is 24.3 Å². The Labute approximate surface area is 222 Å². The molecule has 1 aliphatic heterocycles. The van der Waals surface area contributed by atoms with E-state index in [4.69, 9.17) is 16.3 Å². The lowest BCUT2D eigenvalue weighted by Crippen LogP contribution is -2.36. The topological polar surface area (TPSA) is 105 Å². The van der Waals surface area contributed by atoms with Crippen molar-refractivity contribution in [2.75, 3.05) is 30.0 Å². The summed E-state index contributed by atoms with van der Waals surface area (Å²) in [6.07, 6.45) is 2.33. The van der Waals surface area contributed by atoms with Crippen molar-refractivity contribution in [3.63, 3.8) is 0 Å². The first-order valence-corrected chi connectivity index (χ1v) is 15.4. The maximum Gasteiger partial charge on any atom is 0.254 e. The van der Waals surface area contributed by atoms with E-state index in [1.807, 2.05) is 12.1 Å². The van der Waals surface area contributed by atoms with Gasteiger partial charge >= 0.3 is 0 Å². The van der Waals surface area contributed by atoms with Gasteiger partial charge in [-0.25, -0.2) is 8.42 Å². The van der Waals surface area contributed by atoms with Crippen LogP contribution in [0.1, 0.15) is 54.4 Å². The highest BCUT2D eigenvalue weighted by Gasteiger charge is 2.35. The van der Waals surface area contributed by atoms with E-state index in [0.29, 0.717) is 33.7 Å². The number of nitrogens with one attached hydrogen (secondary N) is 2. The van der Waals surface area contributed by atoms with Crippen LogP contribution in [-0.2, 0) is 22.7 Å². The zero-order valence-corrected chi connectivity index (χ0v) is 23.4. The molecule has 1 fully saturated rings. The standard InChI is InChI=1S/C26H35ClN2O5S2/c1-26(2,3)16-8-9-19-22(12-16)35-25(23(19)24(31)29-17-10-11-36(32,33)15-17)28-13-18(30)14-34-21-7-5-4-6-20(21)27/h4-7,16-18,28,30H,8-15H2,1-3H3,(H,29,31). The highest BCUT2D eigenvalue weighted by Crippen LogP contribution is 2.44. The van der Waals surface area contributed by atoms with Crippen LogP contribution in [0.2, 0.25) is 5.02 Å². The summed E-state index contributed by atoms with van der Waals surface area (Å²) in [5.41, 5.74) is 1.80. The lowest BCUT2D eigenvalue weighted by molar-refractivity contribution is 0.0940. The highest BCUT2D eigenvalue weighted by molar-refractivity contribution is 7.91. The van der Waals surface area contributed by atoms with Gasteiger partial charge in [-0.05, 0) is 54.7 Å². The van der Waals surface area contributed by atoms with Crippen LogP contribution in [0.3, 0.4) is 0 Å². The van der Waals surface area contributed by atoms with Gasteiger partial charge in [-0.1, -0.05) is 44.5 Å². The van der Waals surface area contributed by atoms with Crippen molar-refractivity contribution in [2.45, 2.75) is 58.6 Å². The van der Waals surface area contributed by atoms with Gasteiger partial charge in [0.1, 0.15) is 23.5 Å². The molecule has 0 spiro atoms. The van der Waals surface area contributed by atoms with E-state index in [1.54, 1.807) is 23.5 Å². The molecule has 1 saturated heterocycles. The summed E-state index contributed by atoms with van der Waals surface area (Å²) in [6.45, 7) is 7.00. The second-order valence-corrected chi connectivity index (χ2v) is 14.6. The Morgan fingerprint density at radius 2 is 2.03 bits per heavy atom. The van der Waals surface area contributed by atoms with Crippen molar-refractivity contribution >= 4 is 43.7 Å². The Morgan fingerprint density at radius 3 is 2.69 bits per heavy atom. The number of halogens is 1. The molecule has 1 amide bonds. The number of para-hydroxylation sites is 1. The molecule has 0 saturated carbocycles. The van der Waals surface area contributed by atoms with Crippen LogP contribution in [0.5, 0.6) is 5.75 Å². The van der Waals surface area contributed by atoms with Gasteiger partial charge in [0.2, 0.25) is 0 Å². The molecule has 2 aromatic rings. The van der Waals surface area contributed by atoms with Gasteiger partial charge in [0.15, 0.2) is 9.84 Å². The Balaban J connectivity index is 1.49. The molecular weight excluding hydrogens is 520 g/mol. The fourth-order valence-electron chi connectivity index (χ4n) is 4.87. The van der Waals surface area contributed by atoms with E-state index in [-0.39, 0.29) is 42.0 Å². The molecule has 10 heteroatoms. The number of hydrogen-bond donors (Lipinski definition) is 3. The van der Waals surface area contributed by atoms with Crippen molar-refractivity contribution in [3.05, 3.63) is 45.3 Å². The molecule has 0 bridgehead atoms. The second kappa shape index (κ2) is 10.9. The molecule has 3 atom stereocenters. The number of fused-ring (bicyclic) bond motifs is 1. The number of carbonyl (C=O) groups is 1. The number of aliphatic hydroxyl groups is 1. The van der Waals surface area contributed by atoms with Crippen molar-refractivity contribution in [1.82, 2.24) is 5.32 Å². The Kier molecular flexibility index (Phi) is 8.24. The van der Waals surface area contributed by atoms with Crippen LogP contribution in [0.25, 0.3) is 0 Å². The summed E-state index contributed by atoms with van der Waals surface area (Å²) >= 11 is 7.69. The summed E-state index contributed by atoms with van der Waals surface area (Å²) in [5.74, 6) is 0.869. The molecule has 1 aromatic carbocycles. The first-order valence-electron chi connectivity index (χ1n) is 12.4. The van der Waals surface area contributed by atoms with Gasteiger partial charge in [-0.2, -0.15) is 0 Å². The zero-order chi connectivity index (χ0) is 26.1. The van der Waals surface area contributed by atoms with E-state index in [2.05, 4.69) is 31.4 Å². The van der Waals surface area contributed by atoms with E-state index < -0.39 is 15.9 Å². The number of amides is 1. The minimum atomic E-state index is -3.10. The lowest BCUT2D eigenvalue weighted by Gasteiger charge is -2.33. The first-order chi connectivity index (χ1) is 16.9. The molecular formula is C26H35ClN2O5S2. The number of rotatable bonds is 8. The molecule has 2 heterocycles. The van der Waals surface area contributed by atoms with Crippen molar-refractivity contribution in [3.8, 4) is 5.75 Å². The van der Waals surface area contributed by atoms with Crippen molar-refractivity contribution in [2.24, 2.45) is 11.3 Å². The smallest absolute Gasteiger partial charge is 0.254 e. The lowest BCUT2D eigenvalue weighted by atomic mass is 9.72. The zero-order valence-electron chi connectivity index (χ0n) is 21.0. The van der Waals surface area contributed by atoms with Crippen LogP contribution < -0.4 is 15.4 Å². The van der Waals surface area contributed by atoms with Gasteiger partial charge in [-0.3, -0.25) is 4.79 Å². The van der Waals surface area contributed by atoms with Crippen molar-refractivity contribution in [1.29, 1.82) is 0 Å². The average Bonchev–Trinajstić information content (AvgIpc) is 3.34. The molecule has 4 rings (SSSR count). The number of ether oxygens (including phenoxy) is 1. The maximum absolute atomic E-state index is 13.4. The monoisotopic (exact) mass is 554 g/mol. The third-order valence-corrected chi connectivity index (χ3v) is 10.3. The number of sulfone groups is 1. The Hall–Kier alpha value is -1.81. The Morgan fingerprint density at radius 1 is 1.28 bits per heavy atom. The van der Waals surface area contributed by atoms with Gasteiger partial charge < -0.3 is 20.5 Å². The van der Waals surface area contributed by atoms with E-state index >= 15 is 0 Å². The van der Waals surface area contributed by atoms with E-state index in [0.717, 1.165) is 24.8 Å². The molecule has 3 N–H and O–H groups in total. The number of anilines is 1. The second-order valence-electron chi connectivity index (χ2n) is 10.9. The maximum atomic E-state index is 13.4. The predicted molar refractivity (Wildman–Crippen MR) is 145 cm³/mol. The summed E-state index contributed by atoms with van der Waals surface area (Å²) < 4.78 is 29.4. The fourth-order valence-corrected chi connectivity index (χ4v) is 8.07. The van der Waals surface area contributed by atoms with Gasteiger partial charge in [0.05, 0.1) is 22.1 Å². The molecule has 198 valence electrons. The van der Waals surface area contributed by atoms with E-state index in [9.17, 15) is 18.3 Å². The summed E-state index contributed by atoms with van der Waals surface area (Å²) in [4.78, 5) is 14.6. The molecule has 2 aliphatic rings. The fraction of sp³-hybridized carbons (Fsp3) is 0.577. The predicted octanol–water partition coefficient (Wildman–Crippen LogP) is 4.32. The van der Waals surface area contributed by atoms with Crippen LogP contribution in [0, 0.1) is 11.3 Å². The van der Waals surface area contributed by atoms with Crippen LogP contribution >= 0.6 is 22.9 Å².